The summed E-state index contributed by atoms with van der Waals surface area (Å²) >= 11 is 0. The van der Waals surface area contributed by atoms with Gasteiger partial charge in [0.25, 0.3) is 0 Å². The molecular formula is C15H17FO4. The number of aliphatic carboxylic acids is 1. The van der Waals surface area contributed by atoms with Crippen molar-refractivity contribution in [2.24, 2.45) is 0 Å². The van der Waals surface area contributed by atoms with E-state index >= 15 is 0 Å². The summed E-state index contributed by atoms with van der Waals surface area (Å²) in [7, 11) is 0. The molecule has 1 heterocycles. The lowest BCUT2D eigenvalue weighted by atomic mass is 9.99. The summed E-state index contributed by atoms with van der Waals surface area (Å²) in [4.78, 5) is 10.7. The normalized spacial score (nSPS) is 14.2. The van der Waals surface area contributed by atoms with Crippen LogP contribution in [0.25, 0.3) is 5.57 Å². The average molecular weight is 280 g/mol. The van der Waals surface area contributed by atoms with Crippen LogP contribution >= 0.6 is 0 Å². The molecule has 0 spiro atoms. The third-order valence-electron chi connectivity index (χ3n) is 3.02. The van der Waals surface area contributed by atoms with Gasteiger partial charge in [-0.05, 0) is 18.1 Å². The predicted molar refractivity (Wildman–Crippen MR) is 72.5 cm³/mol. The summed E-state index contributed by atoms with van der Waals surface area (Å²) in [6, 6.07) is 2.89. The number of fused-ring (bicyclic) bond motifs is 1. The number of carbonyl (C=O) groups is 1. The Balaban J connectivity index is 2.37. The number of carboxylic acid groups (broad SMARTS) is 1. The van der Waals surface area contributed by atoms with Gasteiger partial charge in [0.2, 0.25) is 0 Å². The molecule has 0 atom stereocenters. The van der Waals surface area contributed by atoms with Gasteiger partial charge in [-0.2, -0.15) is 0 Å². The second-order valence-electron chi connectivity index (χ2n) is 4.55. The minimum Gasteiger partial charge on any atom is -0.486 e. The van der Waals surface area contributed by atoms with E-state index in [4.69, 9.17) is 14.6 Å². The van der Waals surface area contributed by atoms with Crippen LogP contribution in [0.15, 0.2) is 18.2 Å². The van der Waals surface area contributed by atoms with Crippen molar-refractivity contribution in [1.29, 1.82) is 0 Å². The molecule has 1 aromatic rings. The van der Waals surface area contributed by atoms with E-state index < -0.39 is 11.8 Å². The van der Waals surface area contributed by atoms with Gasteiger partial charge in [0.15, 0.2) is 11.5 Å². The highest BCUT2D eigenvalue weighted by Crippen LogP contribution is 2.36. The number of ether oxygens (including phenoxy) is 2. The van der Waals surface area contributed by atoms with Crippen molar-refractivity contribution in [3.8, 4) is 11.5 Å². The van der Waals surface area contributed by atoms with Gasteiger partial charge in [-0.15, -0.1) is 0 Å². The molecule has 0 unspecified atom stereocenters. The summed E-state index contributed by atoms with van der Waals surface area (Å²) in [5.41, 5.74) is 1.07. The first-order valence-corrected chi connectivity index (χ1v) is 6.62. The quantitative estimate of drug-likeness (QED) is 0.899. The van der Waals surface area contributed by atoms with Crippen LogP contribution in [0.3, 0.4) is 0 Å². The Kier molecular flexibility index (Phi) is 4.61. The second-order valence-corrected chi connectivity index (χ2v) is 4.55. The minimum atomic E-state index is -0.934. The molecule has 5 heteroatoms. The van der Waals surface area contributed by atoms with E-state index in [1.54, 1.807) is 12.1 Å². The SMILES string of the molecule is CCC/C(=C\CC(=O)O)c1cc2c(cc1F)OCCO2. The molecule has 1 aromatic carbocycles. The van der Waals surface area contributed by atoms with Gasteiger partial charge in [-0.1, -0.05) is 19.4 Å². The van der Waals surface area contributed by atoms with E-state index in [-0.39, 0.29) is 6.42 Å². The molecule has 1 aliphatic heterocycles. The predicted octanol–water partition coefficient (Wildman–Crippen LogP) is 3.26. The molecule has 20 heavy (non-hydrogen) atoms. The van der Waals surface area contributed by atoms with Gasteiger partial charge in [-0.3, -0.25) is 4.79 Å². The smallest absolute Gasteiger partial charge is 0.307 e. The van der Waals surface area contributed by atoms with Gasteiger partial charge in [-0.25, -0.2) is 4.39 Å². The molecule has 0 saturated heterocycles. The zero-order valence-corrected chi connectivity index (χ0v) is 11.3. The van der Waals surface area contributed by atoms with Gasteiger partial charge in [0.05, 0.1) is 6.42 Å². The number of allylic oxidation sites excluding steroid dienone is 1. The molecule has 108 valence electrons. The Morgan fingerprint density at radius 2 is 2.00 bits per heavy atom. The topological polar surface area (TPSA) is 55.8 Å². The molecule has 0 aliphatic carbocycles. The fourth-order valence-electron chi connectivity index (χ4n) is 2.14. The highest BCUT2D eigenvalue weighted by Gasteiger charge is 2.17. The Bertz CT molecular complexity index is 537. The standard InChI is InChI=1S/C15H17FO4/c1-2-3-10(4-5-15(17)18)11-8-13-14(9-12(11)16)20-7-6-19-13/h4,8-9H,2-3,5-7H2,1H3,(H,17,18)/b10-4+. The van der Waals surface area contributed by atoms with E-state index in [0.717, 1.165) is 6.42 Å². The van der Waals surface area contributed by atoms with Crippen LogP contribution < -0.4 is 9.47 Å². The van der Waals surface area contributed by atoms with E-state index in [9.17, 15) is 9.18 Å². The third-order valence-corrected chi connectivity index (χ3v) is 3.02. The third kappa shape index (κ3) is 3.29. The Morgan fingerprint density at radius 1 is 1.35 bits per heavy atom. The van der Waals surface area contributed by atoms with Gasteiger partial charge in [0.1, 0.15) is 19.0 Å². The summed E-state index contributed by atoms with van der Waals surface area (Å²) in [5.74, 6) is -0.451. The first-order valence-electron chi connectivity index (χ1n) is 6.62. The van der Waals surface area contributed by atoms with Crippen molar-refractivity contribution in [2.75, 3.05) is 13.2 Å². The van der Waals surface area contributed by atoms with Gasteiger partial charge < -0.3 is 14.6 Å². The van der Waals surface area contributed by atoms with Gasteiger partial charge in [0, 0.05) is 11.6 Å². The molecule has 1 N–H and O–H groups in total. The summed E-state index contributed by atoms with van der Waals surface area (Å²) < 4.78 is 24.9. The first kappa shape index (κ1) is 14.4. The molecule has 0 fully saturated rings. The summed E-state index contributed by atoms with van der Waals surface area (Å²) in [6.45, 7) is 2.80. The number of halogens is 1. The van der Waals surface area contributed by atoms with Crippen LogP contribution in [-0.4, -0.2) is 24.3 Å². The van der Waals surface area contributed by atoms with Crippen LogP contribution in [0.4, 0.5) is 4.39 Å². The molecule has 0 aromatic heterocycles. The van der Waals surface area contributed by atoms with Crippen molar-refractivity contribution in [3.05, 3.63) is 29.6 Å². The average Bonchev–Trinajstić information content (AvgIpc) is 2.42. The summed E-state index contributed by atoms with van der Waals surface area (Å²) in [5, 5.41) is 8.76. The van der Waals surface area contributed by atoms with Crippen LogP contribution in [0.1, 0.15) is 31.7 Å². The molecule has 0 radical (unpaired) electrons. The van der Waals surface area contributed by atoms with E-state index in [1.807, 2.05) is 6.92 Å². The maximum Gasteiger partial charge on any atom is 0.307 e. The second kappa shape index (κ2) is 6.41. The van der Waals surface area contributed by atoms with Crippen molar-refractivity contribution in [3.63, 3.8) is 0 Å². The first-order chi connectivity index (χ1) is 9.61. The van der Waals surface area contributed by atoms with Crippen molar-refractivity contribution >= 4 is 11.5 Å². The maximum atomic E-state index is 14.2. The lowest BCUT2D eigenvalue weighted by Gasteiger charge is -2.20. The molecule has 1 aliphatic rings. The minimum absolute atomic E-state index is 0.122. The Morgan fingerprint density at radius 3 is 2.60 bits per heavy atom. The van der Waals surface area contributed by atoms with Crippen molar-refractivity contribution in [1.82, 2.24) is 0 Å². The number of rotatable bonds is 5. The zero-order valence-electron chi connectivity index (χ0n) is 11.3. The maximum absolute atomic E-state index is 14.2. The van der Waals surface area contributed by atoms with Crippen molar-refractivity contribution < 1.29 is 23.8 Å². The number of carboxylic acids is 1. The fourth-order valence-corrected chi connectivity index (χ4v) is 2.14. The van der Waals surface area contributed by atoms with Gasteiger partial charge >= 0.3 is 5.97 Å². The van der Waals surface area contributed by atoms with Crippen LogP contribution in [0, 0.1) is 5.82 Å². The Hall–Kier alpha value is -2.04. The van der Waals surface area contributed by atoms with Crippen molar-refractivity contribution in [2.45, 2.75) is 26.2 Å². The van der Waals surface area contributed by atoms with Crippen LogP contribution in [-0.2, 0) is 4.79 Å². The largest absolute Gasteiger partial charge is 0.486 e. The highest BCUT2D eigenvalue weighted by atomic mass is 19.1. The molecule has 0 amide bonds. The number of hydrogen-bond acceptors (Lipinski definition) is 3. The number of benzene rings is 1. The highest BCUT2D eigenvalue weighted by molar-refractivity contribution is 5.75. The molecule has 0 saturated carbocycles. The fraction of sp³-hybridized carbons (Fsp3) is 0.400. The van der Waals surface area contributed by atoms with E-state index in [0.29, 0.717) is 42.3 Å². The molecule has 4 nitrogen and oxygen atoms in total. The monoisotopic (exact) mass is 280 g/mol. The summed E-state index contributed by atoms with van der Waals surface area (Å²) in [6.07, 6.45) is 2.85. The van der Waals surface area contributed by atoms with Crippen LogP contribution in [0.5, 0.6) is 11.5 Å². The number of hydrogen-bond donors (Lipinski definition) is 1. The van der Waals surface area contributed by atoms with E-state index in [2.05, 4.69) is 0 Å². The van der Waals surface area contributed by atoms with E-state index in [1.165, 1.54) is 6.07 Å². The lowest BCUT2D eigenvalue weighted by molar-refractivity contribution is -0.135. The molecular weight excluding hydrogens is 263 g/mol. The molecule has 2 rings (SSSR count). The zero-order chi connectivity index (χ0) is 14.5. The van der Waals surface area contributed by atoms with Crippen LogP contribution in [0.2, 0.25) is 0 Å². The lowest BCUT2D eigenvalue weighted by Crippen LogP contribution is -2.15. The molecule has 0 bridgehead atoms. The Labute approximate surface area is 116 Å².